The Kier molecular flexibility index (Phi) is 7.44. The van der Waals surface area contributed by atoms with E-state index in [1.54, 1.807) is 34.6 Å². The van der Waals surface area contributed by atoms with E-state index in [0.29, 0.717) is 0 Å². The van der Waals surface area contributed by atoms with Gasteiger partial charge in [0.1, 0.15) is 0 Å². The largest absolute Gasteiger partial charge is 0.449 e. The second kappa shape index (κ2) is 8.58. The second-order valence-corrected chi connectivity index (χ2v) is 9.95. The summed E-state index contributed by atoms with van der Waals surface area (Å²) in [5, 5.41) is 2.74. The molecule has 0 aliphatic carbocycles. The van der Waals surface area contributed by atoms with Gasteiger partial charge in [-0.05, 0) is 59.7 Å². The van der Waals surface area contributed by atoms with E-state index in [9.17, 15) is 18.0 Å². The van der Waals surface area contributed by atoms with E-state index in [0.717, 1.165) is 6.07 Å². The fourth-order valence-corrected chi connectivity index (χ4v) is 3.60. The van der Waals surface area contributed by atoms with Crippen molar-refractivity contribution in [3.8, 4) is 0 Å². The molecular formula is C18H27ClN2O5S. The zero-order chi connectivity index (χ0) is 21.2. The first-order valence-electron chi connectivity index (χ1n) is 8.47. The number of hydrogen-bond acceptors (Lipinski definition) is 5. The summed E-state index contributed by atoms with van der Waals surface area (Å²) in [4.78, 5) is 24.4. The van der Waals surface area contributed by atoms with Gasteiger partial charge in [-0.25, -0.2) is 13.2 Å². The maximum atomic E-state index is 12.6. The van der Waals surface area contributed by atoms with Crippen LogP contribution in [0.4, 0.5) is 0 Å². The fourth-order valence-electron chi connectivity index (χ4n) is 2.01. The number of sulfonamides is 1. The molecule has 0 fully saturated rings. The first-order chi connectivity index (χ1) is 12.2. The van der Waals surface area contributed by atoms with Crippen molar-refractivity contribution in [2.75, 3.05) is 7.05 Å². The Hall–Kier alpha value is -1.64. The summed E-state index contributed by atoms with van der Waals surface area (Å²) in [6.45, 7) is 10.3. The number of ether oxygens (including phenoxy) is 1. The Morgan fingerprint density at radius 2 is 1.74 bits per heavy atom. The number of benzene rings is 1. The first-order valence-corrected chi connectivity index (χ1v) is 10.3. The molecule has 0 unspecified atom stereocenters. The van der Waals surface area contributed by atoms with Gasteiger partial charge in [-0.2, -0.15) is 4.31 Å². The average Bonchev–Trinajstić information content (AvgIpc) is 2.52. The predicted octanol–water partition coefficient (Wildman–Crippen LogP) is 2.83. The van der Waals surface area contributed by atoms with Gasteiger partial charge in [0, 0.05) is 18.6 Å². The highest BCUT2D eigenvalue weighted by atomic mass is 35.5. The third-order valence-electron chi connectivity index (χ3n) is 3.71. The van der Waals surface area contributed by atoms with Crippen LogP contribution in [-0.2, 0) is 19.6 Å². The molecule has 9 heteroatoms. The Labute approximate surface area is 166 Å². The third-order valence-corrected chi connectivity index (χ3v) is 6.07. The molecule has 27 heavy (non-hydrogen) atoms. The molecule has 0 heterocycles. The van der Waals surface area contributed by atoms with Crippen LogP contribution in [0.1, 0.15) is 51.9 Å². The second-order valence-electron chi connectivity index (χ2n) is 7.54. The summed E-state index contributed by atoms with van der Waals surface area (Å²) in [6, 6.07) is 3.54. The van der Waals surface area contributed by atoms with Crippen molar-refractivity contribution in [2.24, 2.45) is 0 Å². The van der Waals surface area contributed by atoms with E-state index < -0.39 is 33.5 Å². The molecule has 1 rings (SSSR count). The van der Waals surface area contributed by atoms with E-state index in [4.69, 9.17) is 16.3 Å². The van der Waals surface area contributed by atoms with Gasteiger partial charge in [0.25, 0.3) is 5.91 Å². The highest BCUT2D eigenvalue weighted by Gasteiger charge is 2.27. The summed E-state index contributed by atoms with van der Waals surface area (Å²) in [5.74, 6) is -1.34. The molecule has 7 nitrogen and oxygen atoms in total. The quantitative estimate of drug-likeness (QED) is 0.717. The molecule has 0 radical (unpaired) electrons. The molecule has 0 aliphatic heterocycles. The summed E-state index contributed by atoms with van der Waals surface area (Å²) >= 11 is 6.04. The molecule has 0 spiro atoms. The number of rotatable bonds is 6. The Morgan fingerprint density at radius 1 is 1.19 bits per heavy atom. The van der Waals surface area contributed by atoms with Crippen LogP contribution < -0.4 is 5.32 Å². The molecule has 0 saturated carbocycles. The van der Waals surface area contributed by atoms with Crippen LogP contribution in [0.3, 0.4) is 0 Å². The van der Waals surface area contributed by atoms with Crippen molar-refractivity contribution in [1.82, 2.24) is 9.62 Å². The summed E-state index contributed by atoms with van der Waals surface area (Å²) in [5.41, 5.74) is -0.601. The SMILES string of the molecule is CC(C)N(C)S(=O)(=O)c1ccc(Cl)c(C(=O)O[C@@H](C)C(=O)NC(C)(C)C)c1. The van der Waals surface area contributed by atoms with Crippen LogP contribution in [0.2, 0.25) is 5.02 Å². The van der Waals surface area contributed by atoms with Crippen molar-refractivity contribution in [2.45, 2.75) is 64.1 Å². The van der Waals surface area contributed by atoms with Gasteiger partial charge in [-0.15, -0.1) is 0 Å². The molecule has 0 aromatic heterocycles. The first kappa shape index (κ1) is 23.4. The monoisotopic (exact) mass is 418 g/mol. The third kappa shape index (κ3) is 6.19. The number of nitrogens with one attached hydrogen (secondary N) is 1. The number of nitrogens with zero attached hydrogens (tertiary/aromatic N) is 1. The lowest BCUT2D eigenvalue weighted by Crippen LogP contribution is -2.46. The van der Waals surface area contributed by atoms with Gasteiger partial charge in [0.2, 0.25) is 10.0 Å². The van der Waals surface area contributed by atoms with Crippen LogP contribution in [-0.4, -0.2) is 49.3 Å². The molecule has 1 amide bonds. The molecule has 1 atom stereocenters. The molecule has 1 aromatic carbocycles. The molecule has 152 valence electrons. The van der Waals surface area contributed by atoms with Crippen LogP contribution in [0, 0.1) is 0 Å². The van der Waals surface area contributed by atoms with Gasteiger partial charge in [0.15, 0.2) is 6.10 Å². The maximum absolute atomic E-state index is 12.6. The van der Waals surface area contributed by atoms with Crippen molar-refractivity contribution >= 4 is 33.5 Å². The normalized spacial score (nSPS) is 13.6. The highest BCUT2D eigenvalue weighted by Crippen LogP contribution is 2.24. The summed E-state index contributed by atoms with van der Waals surface area (Å²) in [6.07, 6.45) is -1.06. The van der Waals surface area contributed by atoms with Crippen LogP contribution in [0.5, 0.6) is 0 Å². The number of carbonyl (C=O) groups is 2. The van der Waals surface area contributed by atoms with Crippen LogP contribution in [0.25, 0.3) is 0 Å². The van der Waals surface area contributed by atoms with Gasteiger partial charge in [0.05, 0.1) is 15.5 Å². The standard InChI is InChI=1S/C18H27ClN2O5S/c1-11(2)21(7)27(24,25)13-8-9-15(19)14(10-13)17(23)26-12(3)16(22)20-18(4,5)6/h8-12H,1-7H3,(H,20,22)/t12-/m0/s1. The van der Waals surface area contributed by atoms with Gasteiger partial charge in [-0.1, -0.05) is 11.6 Å². The van der Waals surface area contributed by atoms with Gasteiger partial charge >= 0.3 is 5.97 Å². The predicted molar refractivity (Wildman–Crippen MR) is 104 cm³/mol. The molecule has 1 aromatic rings. The molecule has 1 N–H and O–H groups in total. The van der Waals surface area contributed by atoms with Crippen molar-refractivity contribution in [1.29, 1.82) is 0 Å². The molecular weight excluding hydrogens is 392 g/mol. The summed E-state index contributed by atoms with van der Waals surface area (Å²) in [7, 11) is -2.34. The van der Waals surface area contributed by atoms with Gasteiger partial charge in [-0.3, -0.25) is 4.79 Å². The Bertz CT molecular complexity index is 816. The Balaban J connectivity index is 3.10. The number of esters is 1. The smallest absolute Gasteiger partial charge is 0.340 e. The molecule has 0 saturated heterocycles. The van der Waals surface area contributed by atoms with Crippen molar-refractivity contribution in [3.63, 3.8) is 0 Å². The van der Waals surface area contributed by atoms with Gasteiger partial charge < -0.3 is 10.1 Å². The van der Waals surface area contributed by atoms with E-state index in [1.807, 2.05) is 0 Å². The fraction of sp³-hybridized carbons (Fsp3) is 0.556. The van der Waals surface area contributed by atoms with Crippen molar-refractivity contribution < 1.29 is 22.7 Å². The minimum absolute atomic E-state index is 0.0366. The summed E-state index contributed by atoms with van der Waals surface area (Å²) < 4.78 is 31.6. The number of halogens is 1. The zero-order valence-corrected chi connectivity index (χ0v) is 18.2. The van der Waals surface area contributed by atoms with E-state index in [1.165, 1.54) is 30.4 Å². The number of amides is 1. The van der Waals surface area contributed by atoms with Crippen LogP contribution in [0.15, 0.2) is 23.1 Å². The molecule has 0 bridgehead atoms. The van der Waals surface area contributed by atoms with E-state index in [-0.39, 0.29) is 21.5 Å². The Morgan fingerprint density at radius 3 is 2.22 bits per heavy atom. The minimum atomic E-state index is -3.79. The minimum Gasteiger partial charge on any atom is -0.449 e. The number of hydrogen-bond donors (Lipinski definition) is 1. The van der Waals surface area contributed by atoms with Crippen LogP contribution >= 0.6 is 11.6 Å². The zero-order valence-electron chi connectivity index (χ0n) is 16.7. The lowest BCUT2D eigenvalue weighted by atomic mass is 10.1. The van der Waals surface area contributed by atoms with E-state index >= 15 is 0 Å². The molecule has 0 aliphatic rings. The lowest BCUT2D eigenvalue weighted by molar-refractivity contribution is -0.130. The highest BCUT2D eigenvalue weighted by molar-refractivity contribution is 7.89. The topological polar surface area (TPSA) is 92.8 Å². The maximum Gasteiger partial charge on any atom is 0.340 e. The van der Waals surface area contributed by atoms with E-state index in [2.05, 4.69) is 5.32 Å². The average molecular weight is 419 g/mol. The number of carbonyl (C=O) groups excluding carboxylic acids is 2. The van der Waals surface area contributed by atoms with Crippen molar-refractivity contribution in [3.05, 3.63) is 28.8 Å². The lowest BCUT2D eigenvalue weighted by Gasteiger charge is -2.23.